The van der Waals surface area contributed by atoms with Crippen molar-refractivity contribution in [2.75, 3.05) is 0 Å². The van der Waals surface area contributed by atoms with E-state index in [1.807, 2.05) is 0 Å². The molecule has 0 saturated heterocycles. The van der Waals surface area contributed by atoms with Crippen LogP contribution in [0.25, 0.3) is 0 Å². The molecule has 0 heterocycles. The molecule has 0 N–H and O–H groups in total. The van der Waals surface area contributed by atoms with Crippen molar-refractivity contribution in [3.8, 4) is 0 Å². The van der Waals surface area contributed by atoms with Gasteiger partial charge in [-0.1, -0.05) is 0 Å². The van der Waals surface area contributed by atoms with Gasteiger partial charge in [0.05, 0.1) is 0 Å². The predicted octanol–water partition coefficient (Wildman–Crippen LogP) is 0.961. The van der Waals surface area contributed by atoms with E-state index in [1.54, 1.807) is 0 Å². The van der Waals surface area contributed by atoms with E-state index in [0.717, 1.165) is 0 Å². The molecule has 2 aromatic carbocycles. The van der Waals surface area contributed by atoms with Crippen LogP contribution in [0.2, 0.25) is 0 Å². The Bertz CT molecular complexity index is 321. The van der Waals surface area contributed by atoms with E-state index in [0.29, 0.717) is 0 Å². The van der Waals surface area contributed by atoms with Crippen LogP contribution >= 0.6 is 0 Å². The topological polar surface area (TPSA) is 0 Å². The van der Waals surface area contributed by atoms with Crippen LogP contribution in [0.5, 0.6) is 0 Å². The van der Waals surface area contributed by atoms with Gasteiger partial charge in [-0.2, -0.15) is 0 Å². The third kappa shape index (κ3) is 3.38. The second kappa shape index (κ2) is 6.14. The summed E-state index contributed by atoms with van der Waals surface area (Å²) in [6, 6.07) is 21.5. The van der Waals surface area contributed by atoms with Crippen molar-refractivity contribution in [3.05, 3.63) is 60.7 Å². The van der Waals surface area contributed by atoms with E-state index < -0.39 is 0 Å². The van der Waals surface area contributed by atoms with E-state index in [-0.39, 0.29) is 34.3 Å². The molecule has 0 saturated carbocycles. The molecule has 14 heavy (non-hydrogen) atoms. The summed E-state index contributed by atoms with van der Waals surface area (Å²) in [6.07, 6.45) is 0. The number of hydrogen-bond donors (Lipinski definition) is 0. The molecule has 2 rings (SSSR count). The van der Waals surface area contributed by atoms with Crippen molar-refractivity contribution in [3.63, 3.8) is 0 Å². The summed E-state index contributed by atoms with van der Waals surface area (Å²) >= 11 is -0.108. The van der Waals surface area contributed by atoms with Gasteiger partial charge < -0.3 is 0 Å². The van der Waals surface area contributed by atoms with Gasteiger partial charge in [0.15, 0.2) is 0 Å². The molecule has 0 aromatic heterocycles. The van der Waals surface area contributed by atoms with Crippen molar-refractivity contribution in [1.82, 2.24) is 0 Å². The van der Waals surface area contributed by atoms with Crippen molar-refractivity contribution in [2.45, 2.75) is 0 Å². The van der Waals surface area contributed by atoms with Crippen LogP contribution in [0.4, 0.5) is 0 Å². The summed E-state index contributed by atoms with van der Waals surface area (Å²) in [4.78, 5) is 0. The van der Waals surface area contributed by atoms with Crippen molar-refractivity contribution < 1.29 is 0 Å². The molecule has 2 heteroatoms. The quantitative estimate of drug-likeness (QED) is 0.678. The summed E-state index contributed by atoms with van der Waals surface area (Å²) in [5.74, 6) is 0. The van der Waals surface area contributed by atoms with Gasteiger partial charge in [0.1, 0.15) is 0 Å². The van der Waals surface area contributed by atoms with Crippen LogP contribution in [0.3, 0.4) is 0 Å². The van der Waals surface area contributed by atoms with E-state index in [4.69, 9.17) is 0 Å². The van der Waals surface area contributed by atoms with Gasteiger partial charge >= 0.3 is 84.9 Å². The summed E-state index contributed by atoms with van der Waals surface area (Å²) < 4.78 is 2.99. The molecule has 0 atom stereocenters. The first kappa shape index (κ1) is 11.7. The average Bonchev–Trinajstić information content (AvgIpc) is 2.21. The standard InChI is InChI=1S/C12H10Ge.Li/c1-3-7-11(8-4-1)13-12-9-5-2-6-10-12;/h1-10H;. The molecule has 0 aliphatic carbocycles. The fourth-order valence-corrected chi connectivity index (χ4v) is 3.42. The van der Waals surface area contributed by atoms with Crippen LogP contribution in [-0.4, -0.2) is 34.3 Å². The van der Waals surface area contributed by atoms with E-state index in [9.17, 15) is 0 Å². The van der Waals surface area contributed by atoms with E-state index in [1.165, 1.54) is 8.79 Å². The molecule has 3 radical (unpaired) electrons. The third-order valence-electron chi connectivity index (χ3n) is 1.84. The Kier molecular flexibility index (Phi) is 5.11. The maximum atomic E-state index is 2.22. The SMILES string of the molecule is [Li].c1cc[c]([Ge][c]2ccccc2)cc1. The molecule has 0 unspecified atom stereocenters. The van der Waals surface area contributed by atoms with Crippen LogP contribution in [0, 0.1) is 0 Å². The minimum absolute atomic E-state index is 0. The Labute approximate surface area is 103 Å². The Hall–Kier alpha value is -0.420. The second-order valence-electron chi connectivity index (χ2n) is 2.86. The molecule has 0 aliphatic heterocycles. The van der Waals surface area contributed by atoms with E-state index in [2.05, 4.69) is 60.7 Å². The summed E-state index contributed by atoms with van der Waals surface area (Å²) in [5.41, 5.74) is 0. The monoisotopic (exact) mass is 235 g/mol. The maximum absolute atomic E-state index is 2.22. The van der Waals surface area contributed by atoms with Crippen LogP contribution in [0.15, 0.2) is 60.7 Å². The molecular weight excluding hydrogens is 224 g/mol. The molecule has 2 aromatic rings. The minimum atomic E-state index is -0.108. The molecule has 0 aliphatic rings. The van der Waals surface area contributed by atoms with Crippen molar-refractivity contribution in [2.24, 2.45) is 0 Å². The van der Waals surface area contributed by atoms with Gasteiger partial charge in [-0.3, -0.25) is 0 Å². The Morgan fingerprint density at radius 2 is 0.929 bits per heavy atom. The molecule has 63 valence electrons. The molecule has 0 bridgehead atoms. The van der Waals surface area contributed by atoms with Crippen molar-refractivity contribution >= 4 is 43.1 Å². The first-order valence-electron chi connectivity index (χ1n) is 4.32. The molecule has 0 nitrogen and oxygen atoms in total. The van der Waals surface area contributed by atoms with Gasteiger partial charge in [-0.25, -0.2) is 0 Å². The first-order valence-corrected chi connectivity index (χ1v) is 6.42. The van der Waals surface area contributed by atoms with Gasteiger partial charge in [-0.15, -0.1) is 0 Å². The number of hydrogen-bond acceptors (Lipinski definition) is 0. The average molecular weight is 234 g/mol. The molecule has 0 amide bonds. The molecule has 0 spiro atoms. The third-order valence-corrected chi connectivity index (χ3v) is 4.45. The zero-order chi connectivity index (χ0) is 8.93. The zero-order valence-electron chi connectivity index (χ0n) is 8.27. The predicted molar refractivity (Wildman–Crippen MR) is 63.7 cm³/mol. The number of rotatable bonds is 2. The van der Waals surface area contributed by atoms with Gasteiger partial charge in [0.2, 0.25) is 0 Å². The van der Waals surface area contributed by atoms with Crippen LogP contribution < -0.4 is 8.79 Å². The van der Waals surface area contributed by atoms with Gasteiger partial charge in [0.25, 0.3) is 0 Å². The number of benzene rings is 2. The Morgan fingerprint density at radius 3 is 1.29 bits per heavy atom. The van der Waals surface area contributed by atoms with Crippen molar-refractivity contribution in [1.29, 1.82) is 0 Å². The fraction of sp³-hybridized carbons (Fsp3) is 0. The first-order chi connectivity index (χ1) is 6.45. The van der Waals surface area contributed by atoms with Crippen LogP contribution in [-0.2, 0) is 0 Å². The second-order valence-corrected chi connectivity index (χ2v) is 5.80. The Balaban J connectivity index is 0.000000980. The Morgan fingerprint density at radius 1 is 0.571 bits per heavy atom. The summed E-state index contributed by atoms with van der Waals surface area (Å²) in [6.45, 7) is 0. The van der Waals surface area contributed by atoms with E-state index >= 15 is 0 Å². The van der Waals surface area contributed by atoms with Crippen LogP contribution in [0.1, 0.15) is 0 Å². The van der Waals surface area contributed by atoms with Gasteiger partial charge in [-0.05, 0) is 0 Å². The summed E-state index contributed by atoms with van der Waals surface area (Å²) in [5, 5.41) is 0. The molecule has 0 fully saturated rings. The molecular formula is C12H10GeLi. The van der Waals surface area contributed by atoms with Gasteiger partial charge in [0, 0.05) is 18.9 Å². The normalized spacial score (nSPS) is 9.14. The summed E-state index contributed by atoms with van der Waals surface area (Å²) in [7, 11) is 0. The zero-order valence-corrected chi connectivity index (χ0v) is 10.4. The fourth-order valence-electron chi connectivity index (χ4n) is 1.21.